The van der Waals surface area contributed by atoms with E-state index in [0.717, 1.165) is 6.07 Å². The molecule has 4 nitrogen and oxygen atoms in total. The number of nitrogens with two attached hydrogens (primary N) is 1. The van der Waals surface area contributed by atoms with Gasteiger partial charge in [0, 0.05) is 17.3 Å². The monoisotopic (exact) mass is 260 g/mol. The quantitative estimate of drug-likeness (QED) is 0.834. The average Bonchev–Trinajstić information content (AvgIpc) is 2.42. The van der Waals surface area contributed by atoms with Crippen molar-refractivity contribution in [2.75, 3.05) is 18.2 Å². The zero-order valence-electron chi connectivity index (χ0n) is 10.3. The lowest BCUT2D eigenvalue weighted by atomic mass is 10.1. The Hall–Kier alpha value is -2.56. The Bertz CT molecular complexity index is 614. The van der Waals surface area contributed by atoms with Crippen molar-refractivity contribution in [1.82, 2.24) is 0 Å². The first-order valence-electron chi connectivity index (χ1n) is 5.60. The second kappa shape index (κ2) is 5.39. The lowest BCUT2D eigenvalue weighted by Crippen LogP contribution is -2.12. The van der Waals surface area contributed by atoms with Crippen LogP contribution in [0.15, 0.2) is 42.5 Å². The fourth-order valence-electron chi connectivity index (χ4n) is 1.59. The molecule has 0 saturated heterocycles. The highest BCUT2D eigenvalue weighted by molar-refractivity contribution is 6.04. The number of hydrogen-bond donors (Lipinski definition) is 2. The predicted octanol–water partition coefficient (Wildman–Crippen LogP) is 2.67. The third-order valence-corrected chi connectivity index (χ3v) is 2.59. The number of benzene rings is 2. The van der Waals surface area contributed by atoms with E-state index in [0.29, 0.717) is 17.0 Å². The highest BCUT2D eigenvalue weighted by Gasteiger charge is 2.08. The van der Waals surface area contributed by atoms with Gasteiger partial charge in [-0.3, -0.25) is 4.79 Å². The van der Waals surface area contributed by atoms with Gasteiger partial charge >= 0.3 is 0 Å². The van der Waals surface area contributed by atoms with Gasteiger partial charge in [-0.05, 0) is 30.3 Å². The Morgan fingerprint density at radius 1 is 1.26 bits per heavy atom. The molecule has 2 aromatic rings. The van der Waals surface area contributed by atoms with Crippen molar-refractivity contribution in [3.05, 3.63) is 53.8 Å². The number of amides is 1. The largest absolute Gasteiger partial charge is 0.497 e. The summed E-state index contributed by atoms with van der Waals surface area (Å²) in [5.74, 6) is -0.269. The Kier molecular flexibility index (Phi) is 3.66. The van der Waals surface area contributed by atoms with Gasteiger partial charge in [0.05, 0.1) is 12.8 Å². The van der Waals surface area contributed by atoms with E-state index in [9.17, 15) is 9.18 Å². The summed E-state index contributed by atoms with van der Waals surface area (Å²) in [6, 6.07) is 10.8. The molecule has 0 aliphatic carbocycles. The highest BCUT2D eigenvalue weighted by Crippen LogP contribution is 2.18. The lowest BCUT2D eigenvalue weighted by molar-refractivity contribution is 0.102. The molecule has 0 aliphatic heterocycles. The van der Waals surface area contributed by atoms with Crippen molar-refractivity contribution >= 4 is 17.3 Å². The van der Waals surface area contributed by atoms with Crippen LogP contribution in [-0.2, 0) is 0 Å². The molecule has 0 unspecified atom stereocenters. The highest BCUT2D eigenvalue weighted by atomic mass is 19.1. The molecule has 0 spiro atoms. The van der Waals surface area contributed by atoms with Gasteiger partial charge in [-0.15, -0.1) is 0 Å². The van der Waals surface area contributed by atoms with Crippen LogP contribution in [0, 0.1) is 5.82 Å². The maximum atomic E-state index is 13.0. The zero-order valence-corrected chi connectivity index (χ0v) is 10.3. The number of anilines is 2. The Morgan fingerprint density at radius 2 is 2.05 bits per heavy atom. The Morgan fingerprint density at radius 3 is 2.74 bits per heavy atom. The van der Waals surface area contributed by atoms with Crippen LogP contribution in [-0.4, -0.2) is 13.0 Å². The normalized spacial score (nSPS) is 10.0. The summed E-state index contributed by atoms with van der Waals surface area (Å²) in [4.78, 5) is 11.9. The molecule has 0 aliphatic rings. The number of carbonyl (C=O) groups is 1. The summed E-state index contributed by atoms with van der Waals surface area (Å²) in [5, 5.41) is 2.68. The first-order chi connectivity index (χ1) is 9.10. The molecular formula is C14H13FN2O2. The lowest BCUT2D eigenvalue weighted by Gasteiger charge is -2.07. The van der Waals surface area contributed by atoms with Crippen LogP contribution in [0.5, 0.6) is 5.75 Å². The number of halogens is 1. The molecule has 0 atom stereocenters. The van der Waals surface area contributed by atoms with Crippen LogP contribution in [0.4, 0.5) is 15.8 Å². The zero-order chi connectivity index (χ0) is 13.8. The summed E-state index contributed by atoms with van der Waals surface area (Å²) in [6.07, 6.45) is 0. The number of hydrogen-bond acceptors (Lipinski definition) is 3. The smallest absolute Gasteiger partial charge is 0.255 e. The molecule has 2 aromatic carbocycles. The van der Waals surface area contributed by atoms with Gasteiger partial charge in [0.2, 0.25) is 0 Å². The first-order valence-corrected chi connectivity index (χ1v) is 5.60. The van der Waals surface area contributed by atoms with Gasteiger partial charge < -0.3 is 15.8 Å². The van der Waals surface area contributed by atoms with Gasteiger partial charge in [0.15, 0.2) is 0 Å². The maximum Gasteiger partial charge on any atom is 0.255 e. The van der Waals surface area contributed by atoms with Crippen molar-refractivity contribution in [2.24, 2.45) is 0 Å². The van der Waals surface area contributed by atoms with E-state index in [4.69, 9.17) is 10.5 Å². The van der Waals surface area contributed by atoms with Crippen LogP contribution < -0.4 is 15.8 Å². The SMILES string of the molecule is COc1cccc(NC(=O)c2ccc(F)c(N)c2)c1. The Labute approximate surface area is 110 Å². The maximum absolute atomic E-state index is 13.0. The molecule has 19 heavy (non-hydrogen) atoms. The summed E-state index contributed by atoms with van der Waals surface area (Å²) in [6.45, 7) is 0. The topological polar surface area (TPSA) is 64.3 Å². The molecule has 98 valence electrons. The minimum absolute atomic E-state index is 0.0571. The van der Waals surface area contributed by atoms with Crippen LogP contribution in [0.1, 0.15) is 10.4 Å². The molecular weight excluding hydrogens is 247 g/mol. The number of nitrogen functional groups attached to an aromatic ring is 1. The number of rotatable bonds is 3. The van der Waals surface area contributed by atoms with Crippen LogP contribution >= 0.6 is 0 Å². The van der Waals surface area contributed by atoms with Crippen molar-refractivity contribution < 1.29 is 13.9 Å². The number of carbonyl (C=O) groups excluding carboxylic acids is 1. The molecule has 0 heterocycles. The van der Waals surface area contributed by atoms with Crippen LogP contribution in [0.3, 0.4) is 0 Å². The van der Waals surface area contributed by atoms with E-state index in [1.807, 2.05) is 0 Å². The number of ether oxygens (including phenoxy) is 1. The van der Waals surface area contributed by atoms with Gasteiger partial charge in [-0.1, -0.05) is 6.07 Å². The van der Waals surface area contributed by atoms with Gasteiger partial charge in [-0.2, -0.15) is 0 Å². The third-order valence-electron chi connectivity index (χ3n) is 2.59. The fourth-order valence-corrected chi connectivity index (χ4v) is 1.59. The predicted molar refractivity (Wildman–Crippen MR) is 71.8 cm³/mol. The molecule has 0 aromatic heterocycles. The van der Waals surface area contributed by atoms with Gasteiger partial charge in [0.1, 0.15) is 11.6 Å². The van der Waals surface area contributed by atoms with E-state index in [2.05, 4.69) is 5.32 Å². The van der Waals surface area contributed by atoms with Gasteiger partial charge in [0.25, 0.3) is 5.91 Å². The van der Waals surface area contributed by atoms with Crippen LogP contribution in [0.2, 0.25) is 0 Å². The minimum Gasteiger partial charge on any atom is -0.497 e. The summed E-state index contributed by atoms with van der Waals surface area (Å²) < 4.78 is 18.1. The molecule has 0 saturated carbocycles. The second-order valence-electron chi connectivity index (χ2n) is 3.92. The molecule has 0 radical (unpaired) electrons. The Balaban J connectivity index is 2.18. The second-order valence-corrected chi connectivity index (χ2v) is 3.92. The van der Waals surface area contributed by atoms with E-state index < -0.39 is 5.82 Å². The van der Waals surface area contributed by atoms with E-state index in [1.54, 1.807) is 31.4 Å². The molecule has 0 bridgehead atoms. The van der Waals surface area contributed by atoms with E-state index in [1.165, 1.54) is 12.1 Å². The van der Waals surface area contributed by atoms with Crippen LogP contribution in [0.25, 0.3) is 0 Å². The van der Waals surface area contributed by atoms with E-state index >= 15 is 0 Å². The summed E-state index contributed by atoms with van der Waals surface area (Å²) in [7, 11) is 1.54. The average molecular weight is 260 g/mol. The number of methoxy groups -OCH3 is 1. The first kappa shape index (κ1) is 12.9. The molecule has 0 fully saturated rings. The van der Waals surface area contributed by atoms with Crippen molar-refractivity contribution in [3.8, 4) is 5.75 Å². The molecule has 3 N–H and O–H groups in total. The fraction of sp³-hybridized carbons (Fsp3) is 0.0714. The van der Waals surface area contributed by atoms with Gasteiger partial charge in [-0.25, -0.2) is 4.39 Å². The number of nitrogens with one attached hydrogen (secondary N) is 1. The van der Waals surface area contributed by atoms with Crippen molar-refractivity contribution in [1.29, 1.82) is 0 Å². The standard InChI is InChI=1S/C14H13FN2O2/c1-19-11-4-2-3-10(8-11)17-14(18)9-5-6-12(15)13(16)7-9/h2-8H,16H2,1H3,(H,17,18). The molecule has 1 amide bonds. The summed E-state index contributed by atoms with van der Waals surface area (Å²) >= 11 is 0. The van der Waals surface area contributed by atoms with Crippen molar-refractivity contribution in [2.45, 2.75) is 0 Å². The minimum atomic E-state index is -0.544. The molecule has 5 heteroatoms. The third kappa shape index (κ3) is 3.01. The van der Waals surface area contributed by atoms with Crippen molar-refractivity contribution in [3.63, 3.8) is 0 Å². The summed E-state index contributed by atoms with van der Waals surface area (Å²) in [5.41, 5.74) is 6.25. The molecule has 2 rings (SSSR count). The van der Waals surface area contributed by atoms with E-state index in [-0.39, 0.29) is 11.6 Å².